The van der Waals surface area contributed by atoms with E-state index >= 15 is 0 Å². The van der Waals surface area contributed by atoms with Gasteiger partial charge in [-0.25, -0.2) is 8.42 Å². The first kappa shape index (κ1) is 28.2. The van der Waals surface area contributed by atoms with Crippen molar-refractivity contribution in [2.45, 2.75) is 62.9 Å². The highest BCUT2D eigenvalue weighted by molar-refractivity contribution is 7.89. The van der Waals surface area contributed by atoms with Crippen molar-refractivity contribution in [3.05, 3.63) is 45.8 Å². The minimum absolute atomic E-state index is 0.0602. The third-order valence-electron chi connectivity index (χ3n) is 7.06. The number of primary amides is 1. The van der Waals surface area contributed by atoms with Crippen LogP contribution in [0.2, 0.25) is 0 Å². The van der Waals surface area contributed by atoms with E-state index in [2.05, 4.69) is 24.5 Å². The minimum Gasteiger partial charge on any atom is -0.469 e. The van der Waals surface area contributed by atoms with Crippen molar-refractivity contribution >= 4 is 44.1 Å². The van der Waals surface area contributed by atoms with Crippen molar-refractivity contribution in [2.24, 2.45) is 11.7 Å². The molecule has 2 aliphatic rings. The molecule has 38 heavy (non-hydrogen) atoms. The van der Waals surface area contributed by atoms with Crippen LogP contribution in [0.5, 0.6) is 0 Å². The molecule has 10 nitrogen and oxygen atoms in total. The fraction of sp³-hybridized carbons (Fsp3) is 0.500. The van der Waals surface area contributed by atoms with Gasteiger partial charge in [-0.05, 0) is 76.8 Å². The highest BCUT2D eigenvalue weighted by Crippen LogP contribution is 2.45. The highest BCUT2D eigenvalue weighted by Gasteiger charge is 2.41. The lowest BCUT2D eigenvalue weighted by atomic mass is 9.81. The standard InChI is InChI=1S/C26H34N4O6S2/c1-25(2)14-18-19(21(27)31)23(37-20(18)26(3,4)29-25)28-22(32)15-6-8-17(9-7-15)38(34,35)30-12-10-16(11-13-30)24(33)36-5/h6-9,16,29H,10-14H2,1-5H3,(H2,27,31)(H,28,32). The van der Waals surface area contributed by atoms with Crippen molar-refractivity contribution in [1.29, 1.82) is 0 Å². The molecule has 206 valence electrons. The Morgan fingerprint density at radius 3 is 2.26 bits per heavy atom. The van der Waals surface area contributed by atoms with E-state index in [9.17, 15) is 22.8 Å². The van der Waals surface area contributed by atoms with Gasteiger partial charge >= 0.3 is 5.97 Å². The lowest BCUT2D eigenvalue weighted by molar-refractivity contribution is -0.146. The molecule has 1 saturated heterocycles. The van der Waals surface area contributed by atoms with Crippen LogP contribution >= 0.6 is 11.3 Å². The number of piperidine rings is 1. The van der Waals surface area contributed by atoms with Crippen molar-refractivity contribution in [3.8, 4) is 0 Å². The largest absolute Gasteiger partial charge is 0.469 e. The first-order chi connectivity index (χ1) is 17.7. The number of nitrogens with one attached hydrogen (secondary N) is 2. The number of fused-ring (bicyclic) bond motifs is 1. The maximum absolute atomic E-state index is 13.1. The van der Waals surface area contributed by atoms with Crippen molar-refractivity contribution < 1.29 is 27.5 Å². The lowest BCUT2D eigenvalue weighted by Crippen LogP contribution is -2.55. The number of thiophene rings is 1. The molecule has 0 saturated carbocycles. The molecule has 1 aromatic carbocycles. The number of benzene rings is 1. The topological polar surface area (TPSA) is 148 Å². The van der Waals surface area contributed by atoms with E-state index in [-0.39, 0.29) is 41.0 Å². The van der Waals surface area contributed by atoms with Gasteiger partial charge in [-0.1, -0.05) is 0 Å². The van der Waals surface area contributed by atoms with Gasteiger partial charge in [0, 0.05) is 34.6 Å². The summed E-state index contributed by atoms with van der Waals surface area (Å²) in [4.78, 5) is 38.3. The molecule has 0 bridgehead atoms. The number of sulfonamides is 1. The van der Waals surface area contributed by atoms with E-state index in [1.807, 2.05) is 13.8 Å². The van der Waals surface area contributed by atoms with Crippen molar-refractivity contribution in [2.75, 3.05) is 25.5 Å². The van der Waals surface area contributed by atoms with Gasteiger partial charge in [-0.2, -0.15) is 4.31 Å². The van der Waals surface area contributed by atoms with Crippen LogP contribution in [0.25, 0.3) is 0 Å². The van der Waals surface area contributed by atoms with Crippen molar-refractivity contribution in [1.82, 2.24) is 9.62 Å². The van der Waals surface area contributed by atoms with Gasteiger partial charge in [0.1, 0.15) is 5.00 Å². The van der Waals surface area contributed by atoms with Crippen LogP contribution in [0.3, 0.4) is 0 Å². The number of amides is 2. The van der Waals surface area contributed by atoms with Gasteiger partial charge in [0.15, 0.2) is 0 Å². The Labute approximate surface area is 227 Å². The average Bonchev–Trinajstić information content (AvgIpc) is 3.21. The molecule has 2 amide bonds. The molecule has 12 heteroatoms. The smallest absolute Gasteiger partial charge is 0.308 e. The van der Waals surface area contributed by atoms with Gasteiger partial charge < -0.3 is 21.1 Å². The number of anilines is 1. The van der Waals surface area contributed by atoms with E-state index < -0.39 is 27.4 Å². The molecule has 3 heterocycles. The molecule has 1 aromatic heterocycles. The van der Waals surface area contributed by atoms with Crippen LogP contribution in [-0.4, -0.2) is 56.2 Å². The molecule has 4 N–H and O–H groups in total. The molecule has 0 unspecified atom stereocenters. The fourth-order valence-corrected chi connectivity index (χ4v) is 8.22. The SMILES string of the molecule is COC(=O)C1CCN(S(=O)(=O)c2ccc(C(=O)Nc3sc4c(c3C(N)=O)CC(C)(C)NC4(C)C)cc2)CC1. The maximum atomic E-state index is 13.1. The number of carbonyl (C=O) groups excluding carboxylic acids is 3. The number of nitrogens with two attached hydrogens (primary N) is 1. The third kappa shape index (κ3) is 5.35. The second kappa shape index (κ2) is 10.1. The molecule has 2 aromatic rings. The highest BCUT2D eigenvalue weighted by atomic mass is 32.2. The molecular formula is C26H34N4O6S2. The zero-order chi connectivity index (χ0) is 28.0. The van der Waals surface area contributed by atoms with Crippen LogP contribution in [0.4, 0.5) is 5.00 Å². The summed E-state index contributed by atoms with van der Waals surface area (Å²) in [5, 5.41) is 6.77. The van der Waals surface area contributed by atoms with Crippen LogP contribution in [0.15, 0.2) is 29.2 Å². The van der Waals surface area contributed by atoms with E-state index in [4.69, 9.17) is 10.5 Å². The number of esters is 1. The van der Waals surface area contributed by atoms with Gasteiger partial charge in [0.05, 0.1) is 23.5 Å². The molecule has 0 spiro atoms. The van der Waals surface area contributed by atoms with Crippen LogP contribution in [-0.2, 0) is 31.5 Å². The third-order valence-corrected chi connectivity index (χ3v) is 10.4. The number of hydrogen-bond donors (Lipinski definition) is 3. The lowest BCUT2D eigenvalue weighted by Gasteiger charge is -2.42. The number of rotatable bonds is 6. The summed E-state index contributed by atoms with van der Waals surface area (Å²) >= 11 is 1.32. The number of hydrogen-bond acceptors (Lipinski definition) is 8. The number of methoxy groups -OCH3 is 1. The van der Waals surface area contributed by atoms with E-state index in [0.29, 0.717) is 29.8 Å². The number of nitrogens with zero attached hydrogens (tertiary/aromatic N) is 1. The predicted octanol–water partition coefficient (Wildman–Crippen LogP) is 2.83. The average molecular weight is 563 g/mol. The normalized spacial score (nSPS) is 19.4. The molecule has 1 fully saturated rings. The van der Waals surface area contributed by atoms with Crippen LogP contribution < -0.4 is 16.4 Å². The summed E-state index contributed by atoms with van der Waals surface area (Å²) < 4.78 is 32.3. The van der Waals surface area contributed by atoms with Gasteiger partial charge in [-0.3, -0.25) is 14.4 Å². The van der Waals surface area contributed by atoms with E-state index in [0.717, 1.165) is 10.4 Å². The fourth-order valence-electron chi connectivity index (χ4n) is 5.48. The summed E-state index contributed by atoms with van der Waals surface area (Å²) in [5.41, 5.74) is 6.46. The second-order valence-corrected chi connectivity index (χ2v) is 13.9. The second-order valence-electron chi connectivity index (χ2n) is 11.0. The van der Waals surface area contributed by atoms with E-state index in [1.165, 1.54) is 47.0 Å². The molecule has 0 radical (unpaired) electrons. The van der Waals surface area contributed by atoms with Crippen LogP contribution in [0.1, 0.15) is 71.7 Å². The van der Waals surface area contributed by atoms with Gasteiger partial charge in [-0.15, -0.1) is 11.3 Å². The summed E-state index contributed by atoms with van der Waals surface area (Å²) in [7, 11) is -2.46. The molecule has 2 aliphatic heterocycles. The van der Waals surface area contributed by atoms with Gasteiger partial charge in [0.25, 0.3) is 11.8 Å². The number of ether oxygens (including phenoxy) is 1. The number of carbonyl (C=O) groups is 3. The summed E-state index contributed by atoms with van der Waals surface area (Å²) in [5.74, 6) is -1.71. The zero-order valence-corrected chi connectivity index (χ0v) is 23.8. The summed E-state index contributed by atoms with van der Waals surface area (Å²) in [6, 6.07) is 5.66. The quantitative estimate of drug-likeness (QED) is 0.459. The monoisotopic (exact) mass is 562 g/mol. The first-order valence-electron chi connectivity index (χ1n) is 12.4. The van der Waals surface area contributed by atoms with Crippen LogP contribution in [0, 0.1) is 5.92 Å². The molecular weight excluding hydrogens is 528 g/mol. The Hall–Kier alpha value is -2.80. The predicted molar refractivity (Wildman–Crippen MR) is 145 cm³/mol. The Kier molecular flexibility index (Phi) is 7.47. The molecule has 0 atom stereocenters. The van der Waals surface area contributed by atoms with E-state index in [1.54, 1.807) is 0 Å². The Morgan fingerprint density at radius 2 is 1.71 bits per heavy atom. The minimum atomic E-state index is -3.78. The Bertz CT molecular complexity index is 1370. The van der Waals surface area contributed by atoms with Crippen molar-refractivity contribution in [3.63, 3.8) is 0 Å². The zero-order valence-electron chi connectivity index (χ0n) is 22.2. The summed E-state index contributed by atoms with van der Waals surface area (Å²) in [6.07, 6.45) is 1.37. The summed E-state index contributed by atoms with van der Waals surface area (Å²) in [6.45, 7) is 8.58. The molecule has 4 rings (SSSR count). The Balaban J connectivity index is 1.53. The molecule has 0 aliphatic carbocycles. The van der Waals surface area contributed by atoms with Gasteiger partial charge in [0.2, 0.25) is 10.0 Å². The Morgan fingerprint density at radius 1 is 1.11 bits per heavy atom. The first-order valence-corrected chi connectivity index (χ1v) is 14.7. The maximum Gasteiger partial charge on any atom is 0.308 e.